The van der Waals surface area contributed by atoms with Crippen LogP contribution in [0.1, 0.15) is 28.3 Å². The van der Waals surface area contributed by atoms with Crippen LogP contribution in [-0.4, -0.2) is 46.2 Å². The lowest BCUT2D eigenvalue weighted by Crippen LogP contribution is -2.28. The number of hydrogen-bond acceptors (Lipinski definition) is 4. The van der Waals surface area contributed by atoms with Gasteiger partial charge in [-0.25, -0.2) is 4.98 Å². The average molecular weight is 348 g/mol. The van der Waals surface area contributed by atoms with E-state index in [-0.39, 0.29) is 5.91 Å². The fourth-order valence-electron chi connectivity index (χ4n) is 3.42. The van der Waals surface area contributed by atoms with Gasteiger partial charge in [-0.2, -0.15) is 5.10 Å². The third-order valence-corrected chi connectivity index (χ3v) is 4.86. The largest absolute Gasteiger partial charge is 0.497 e. The number of methoxy groups -OCH3 is 1. The number of H-pyrrole nitrogens is 1. The molecule has 26 heavy (non-hydrogen) atoms. The van der Waals surface area contributed by atoms with Crippen molar-refractivity contribution in [2.24, 2.45) is 0 Å². The summed E-state index contributed by atoms with van der Waals surface area (Å²) in [5, 5.41) is 6.70. The number of aromatic amines is 1. The zero-order valence-corrected chi connectivity index (χ0v) is 14.6. The monoisotopic (exact) mass is 348 g/mol. The Bertz CT molecular complexity index is 890. The predicted molar refractivity (Wildman–Crippen MR) is 98.1 cm³/mol. The number of carbonyl (C=O) groups excluding carboxylic acids is 1. The second kappa shape index (κ2) is 7.00. The fourth-order valence-corrected chi connectivity index (χ4v) is 3.42. The molecule has 0 spiro atoms. The Labute approximate surface area is 151 Å². The molecule has 1 atom stereocenters. The fraction of sp³-hybridized carbons (Fsp3) is 0.250. The number of ether oxygens (including phenoxy) is 1. The van der Waals surface area contributed by atoms with Crippen molar-refractivity contribution >= 4 is 5.91 Å². The molecule has 3 aromatic rings. The molecule has 2 heterocycles. The molecule has 1 N–H and O–H groups in total. The lowest BCUT2D eigenvalue weighted by Gasteiger charge is -2.17. The quantitative estimate of drug-likeness (QED) is 0.786. The van der Waals surface area contributed by atoms with E-state index >= 15 is 0 Å². The van der Waals surface area contributed by atoms with Gasteiger partial charge in [0.05, 0.1) is 7.11 Å². The molecule has 6 nitrogen and oxygen atoms in total. The molecule has 2 aromatic carbocycles. The van der Waals surface area contributed by atoms with Gasteiger partial charge in [0.15, 0.2) is 5.82 Å². The molecule has 1 aliphatic rings. The molecule has 1 aromatic heterocycles. The molecule has 1 fully saturated rings. The van der Waals surface area contributed by atoms with Gasteiger partial charge in [0.1, 0.15) is 12.1 Å². The number of aromatic nitrogens is 3. The second-order valence-electron chi connectivity index (χ2n) is 6.42. The van der Waals surface area contributed by atoms with Gasteiger partial charge < -0.3 is 9.64 Å². The van der Waals surface area contributed by atoms with Crippen LogP contribution < -0.4 is 4.74 Å². The molecule has 132 valence electrons. The standard InChI is InChI=1S/C20H20N4O2/c1-26-18-7-5-14(6-8-18)17-9-10-24(12-17)20(25)16-4-2-3-15(11-16)19-21-13-22-23-19/h2-8,11,13,17H,9-10,12H2,1H3,(H,21,22,23)/t17-/m1/s1. The highest BCUT2D eigenvalue weighted by molar-refractivity contribution is 5.95. The van der Waals surface area contributed by atoms with Crippen molar-refractivity contribution in [1.29, 1.82) is 0 Å². The molecule has 0 aliphatic carbocycles. The summed E-state index contributed by atoms with van der Waals surface area (Å²) in [4.78, 5) is 19.0. The second-order valence-corrected chi connectivity index (χ2v) is 6.42. The topological polar surface area (TPSA) is 71.1 Å². The maximum atomic E-state index is 12.9. The van der Waals surface area contributed by atoms with Crippen molar-refractivity contribution in [3.63, 3.8) is 0 Å². The van der Waals surface area contributed by atoms with Crippen LogP contribution in [0.5, 0.6) is 5.75 Å². The van der Waals surface area contributed by atoms with Crippen LogP contribution in [0.4, 0.5) is 0 Å². The predicted octanol–water partition coefficient (Wildman–Crippen LogP) is 3.11. The first kappa shape index (κ1) is 16.3. The summed E-state index contributed by atoms with van der Waals surface area (Å²) in [5.74, 6) is 1.94. The van der Waals surface area contributed by atoms with Crippen LogP contribution in [0.25, 0.3) is 11.4 Å². The summed E-state index contributed by atoms with van der Waals surface area (Å²) in [6.45, 7) is 1.50. The first-order valence-electron chi connectivity index (χ1n) is 8.63. The average Bonchev–Trinajstić information content (AvgIpc) is 3.40. The minimum atomic E-state index is 0.0578. The Hall–Kier alpha value is -3.15. The molecule has 1 amide bonds. The van der Waals surface area contributed by atoms with Gasteiger partial charge in [0.2, 0.25) is 0 Å². The van der Waals surface area contributed by atoms with Crippen LogP contribution in [0, 0.1) is 0 Å². The SMILES string of the molecule is COc1ccc([C@@H]2CCN(C(=O)c3cccc(-c4ncn[nH]4)c3)C2)cc1. The number of amides is 1. The highest BCUT2D eigenvalue weighted by Crippen LogP contribution is 2.29. The summed E-state index contributed by atoms with van der Waals surface area (Å²) in [5.41, 5.74) is 2.78. The van der Waals surface area contributed by atoms with Crippen molar-refractivity contribution < 1.29 is 9.53 Å². The number of benzene rings is 2. The molecule has 0 radical (unpaired) electrons. The number of hydrogen-bond donors (Lipinski definition) is 1. The van der Waals surface area contributed by atoms with Gasteiger partial charge in [-0.1, -0.05) is 24.3 Å². The Balaban J connectivity index is 1.48. The first-order chi connectivity index (χ1) is 12.7. The Morgan fingerprint density at radius 1 is 1.23 bits per heavy atom. The van der Waals surface area contributed by atoms with E-state index in [1.807, 2.05) is 41.3 Å². The van der Waals surface area contributed by atoms with E-state index in [4.69, 9.17) is 4.74 Å². The van der Waals surface area contributed by atoms with E-state index in [2.05, 4.69) is 27.3 Å². The van der Waals surface area contributed by atoms with Crippen molar-refractivity contribution in [2.45, 2.75) is 12.3 Å². The van der Waals surface area contributed by atoms with Crippen LogP contribution in [-0.2, 0) is 0 Å². The van der Waals surface area contributed by atoms with Gasteiger partial charge in [0.25, 0.3) is 5.91 Å². The van der Waals surface area contributed by atoms with Gasteiger partial charge in [0, 0.05) is 30.1 Å². The van der Waals surface area contributed by atoms with Gasteiger partial charge in [-0.3, -0.25) is 9.89 Å². The van der Waals surface area contributed by atoms with E-state index in [0.717, 1.165) is 30.8 Å². The van der Waals surface area contributed by atoms with Gasteiger partial charge >= 0.3 is 0 Å². The molecule has 6 heteroatoms. The summed E-state index contributed by atoms with van der Waals surface area (Å²) in [7, 11) is 1.66. The summed E-state index contributed by atoms with van der Waals surface area (Å²) in [6.07, 6.45) is 2.43. The lowest BCUT2D eigenvalue weighted by atomic mass is 9.98. The summed E-state index contributed by atoms with van der Waals surface area (Å²) < 4.78 is 5.21. The molecule has 0 bridgehead atoms. The minimum Gasteiger partial charge on any atom is -0.497 e. The van der Waals surface area contributed by atoms with E-state index in [1.54, 1.807) is 7.11 Å². The van der Waals surface area contributed by atoms with Crippen LogP contribution in [0.15, 0.2) is 54.9 Å². The third-order valence-electron chi connectivity index (χ3n) is 4.86. The Morgan fingerprint density at radius 3 is 2.81 bits per heavy atom. The highest BCUT2D eigenvalue weighted by atomic mass is 16.5. The molecular formula is C20H20N4O2. The van der Waals surface area contributed by atoms with Crippen LogP contribution in [0.2, 0.25) is 0 Å². The van der Waals surface area contributed by atoms with Crippen LogP contribution in [0.3, 0.4) is 0 Å². The molecule has 0 saturated carbocycles. The first-order valence-corrected chi connectivity index (χ1v) is 8.63. The smallest absolute Gasteiger partial charge is 0.253 e. The number of nitrogens with one attached hydrogen (secondary N) is 1. The van der Waals surface area contributed by atoms with Crippen molar-refractivity contribution in [3.8, 4) is 17.1 Å². The normalized spacial score (nSPS) is 16.7. The number of carbonyl (C=O) groups is 1. The van der Waals surface area contributed by atoms with E-state index in [1.165, 1.54) is 11.9 Å². The highest BCUT2D eigenvalue weighted by Gasteiger charge is 2.28. The van der Waals surface area contributed by atoms with Gasteiger partial charge in [-0.05, 0) is 36.2 Å². The Kier molecular flexibility index (Phi) is 4.39. The maximum Gasteiger partial charge on any atom is 0.253 e. The molecular weight excluding hydrogens is 328 g/mol. The third kappa shape index (κ3) is 3.18. The maximum absolute atomic E-state index is 12.9. The van der Waals surface area contributed by atoms with Crippen molar-refractivity contribution in [2.75, 3.05) is 20.2 Å². The Morgan fingerprint density at radius 2 is 2.08 bits per heavy atom. The van der Waals surface area contributed by atoms with E-state index < -0.39 is 0 Å². The van der Waals surface area contributed by atoms with E-state index in [0.29, 0.717) is 17.3 Å². The van der Waals surface area contributed by atoms with Crippen molar-refractivity contribution in [3.05, 3.63) is 66.0 Å². The van der Waals surface area contributed by atoms with Crippen molar-refractivity contribution in [1.82, 2.24) is 20.1 Å². The molecule has 1 saturated heterocycles. The zero-order valence-electron chi connectivity index (χ0n) is 14.6. The zero-order chi connectivity index (χ0) is 17.9. The van der Waals surface area contributed by atoms with Crippen LogP contribution >= 0.6 is 0 Å². The molecule has 0 unspecified atom stereocenters. The summed E-state index contributed by atoms with van der Waals surface area (Å²) >= 11 is 0. The molecule has 1 aliphatic heterocycles. The molecule has 4 rings (SSSR count). The minimum absolute atomic E-state index is 0.0578. The lowest BCUT2D eigenvalue weighted by molar-refractivity contribution is 0.0791. The van der Waals surface area contributed by atoms with Gasteiger partial charge in [-0.15, -0.1) is 0 Å². The number of nitrogens with zero attached hydrogens (tertiary/aromatic N) is 3. The number of rotatable bonds is 4. The number of likely N-dealkylation sites (tertiary alicyclic amines) is 1. The van der Waals surface area contributed by atoms with E-state index in [9.17, 15) is 4.79 Å². The summed E-state index contributed by atoms with van der Waals surface area (Å²) in [6, 6.07) is 15.6.